The van der Waals surface area contributed by atoms with Crippen LogP contribution in [0.5, 0.6) is 0 Å². The van der Waals surface area contributed by atoms with Gasteiger partial charge in [0.15, 0.2) is 0 Å². The van der Waals surface area contributed by atoms with E-state index in [0.29, 0.717) is 12.1 Å². The molecule has 0 aliphatic heterocycles. The summed E-state index contributed by atoms with van der Waals surface area (Å²) in [6.45, 7) is 8.49. The van der Waals surface area contributed by atoms with Crippen molar-refractivity contribution in [3.63, 3.8) is 0 Å². The van der Waals surface area contributed by atoms with Gasteiger partial charge in [-0.05, 0) is 19.4 Å². The lowest BCUT2D eigenvalue weighted by atomic mass is 10.2. The molecule has 20 heavy (non-hydrogen) atoms. The fourth-order valence-electron chi connectivity index (χ4n) is 1.94. The summed E-state index contributed by atoms with van der Waals surface area (Å²) in [5, 5.41) is 2.82. The number of aryl methyl sites for hydroxylation is 1. The molecule has 4 heteroatoms. The second kappa shape index (κ2) is 6.19. The van der Waals surface area contributed by atoms with E-state index in [-0.39, 0.29) is 5.91 Å². The molecular weight excluding hydrogens is 250 g/mol. The number of amides is 1. The smallest absolute Gasteiger partial charge is 0.246 e. The zero-order valence-corrected chi connectivity index (χ0v) is 11.9. The number of nitrogens with one attached hydrogen (secondary N) is 1. The lowest BCUT2D eigenvalue weighted by Gasteiger charge is -2.11. The van der Waals surface area contributed by atoms with E-state index in [9.17, 15) is 4.79 Å². The van der Waals surface area contributed by atoms with E-state index < -0.39 is 0 Å². The highest BCUT2D eigenvalue weighted by molar-refractivity contribution is 5.91. The van der Waals surface area contributed by atoms with Gasteiger partial charge in [-0.25, -0.2) is 4.98 Å². The molecule has 0 saturated carbocycles. The minimum absolute atomic E-state index is 0.142. The second-order valence-electron chi connectivity index (χ2n) is 4.85. The molecule has 0 unspecified atom stereocenters. The highest BCUT2D eigenvalue weighted by atomic mass is 16.1. The van der Waals surface area contributed by atoms with Crippen LogP contribution < -0.4 is 5.32 Å². The molecule has 2 rings (SSSR count). The summed E-state index contributed by atoms with van der Waals surface area (Å²) in [5.74, 6) is 0.706. The maximum absolute atomic E-state index is 11.5. The highest BCUT2D eigenvalue weighted by Crippen LogP contribution is 2.09. The minimum atomic E-state index is -0.142. The van der Waals surface area contributed by atoms with Gasteiger partial charge in [-0.1, -0.05) is 36.9 Å². The number of nitrogens with zero attached hydrogens (tertiary/aromatic N) is 2. The van der Waals surface area contributed by atoms with Crippen molar-refractivity contribution in [3.05, 3.63) is 65.8 Å². The summed E-state index contributed by atoms with van der Waals surface area (Å²) >= 11 is 0. The topological polar surface area (TPSA) is 46.9 Å². The number of hydrogen-bond donors (Lipinski definition) is 1. The zero-order chi connectivity index (χ0) is 14.5. The first kappa shape index (κ1) is 14.1. The van der Waals surface area contributed by atoms with E-state index in [0.717, 1.165) is 18.1 Å². The molecule has 0 bridgehead atoms. The van der Waals surface area contributed by atoms with Crippen molar-refractivity contribution in [2.24, 2.45) is 0 Å². The largest absolute Gasteiger partial charge is 0.345 e. The third-order valence-corrected chi connectivity index (χ3v) is 3.12. The fraction of sp³-hybridized carbons (Fsp3) is 0.250. The number of hydrogen-bond acceptors (Lipinski definition) is 2. The van der Waals surface area contributed by atoms with Gasteiger partial charge in [0.2, 0.25) is 5.91 Å². The molecule has 0 radical (unpaired) electrons. The Bertz CT molecular complexity index is 614. The van der Waals surface area contributed by atoms with Gasteiger partial charge in [-0.3, -0.25) is 4.79 Å². The monoisotopic (exact) mass is 269 g/mol. The Morgan fingerprint density at radius 2 is 2.05 bits per heavy atom. The van der Waals surface area contributed by atoms with Crippen LogP contribution in [0.3, 0.4) is 0 Å². The van der Waals surface area contributed by atoms with Crippen LogP contribution in [0, 0.1) is 6.92 Å². The lowest BCUT2D eigenvalue weighted by Crippen LogP contribution is -2.25. The SMILES string of the molecule is C=C(C)C(=O)NCc1ncc(C)n1Cc1ccccc1. The molecule has 0 spiro atoms. The van der Waals surface area contributed by atoms with Crippen molar-refractivity contribution < 1.29 is 4.79 Å². The van der Waals surface area contributed by atoms with E-state index in [4.69, 9.17) is 0 Å². The number of imidazole rings is 1. The number of rotatable bonds is 5. The predicted molar refractivity (Wildman–Crippen MR) is 79.2 cm³/mol. The molecule has 1 aromatic heterocycles. The summed E-state index contributed by atoms with van der Waals surface area (Å²) in [7, 11) is 0. The Morgan fingerprint density at radius 3 is 2.70 bits per heavy atom. The molecule has 1 amide bonds. The molecule has 2 aromatic rings. The molecule has 0 saturated heterocycles. The minimum Gasteiger partial charge on any atom is -0.345 e. The zero-order valence-electron chi connectivity index (χ0n) is 11.9. The second-order valence-corrected chi connectivity index (χ2v) is 4.85. The van der Waals surface area contributed by atoms with Gasteiger partial charge >= 0.3 is 0 Å². The number of carbonyl (C=O) groups excluding carboxylic acids is 1. The van der Waals surface area contributed by atoms with Crippen LogP contribution in [0.1, 0.15) is 24.0 Å². The molecular formula is C16H19N3O. The Hall–Kier alpha value is -2.36. The van der Waals surface area contributed by atoms with Gasteiger partial charge in [0.1, 0.15) is 5.82 Å². The molecule has 0 atom stereocenters. The molecule has 4 nitrogen and oxygen atoms in total. The molecule has 0 fully saturated rings. The van der Waals surface area contributed by atoms with Gasteiger partial charge in [0.05, 0.1) is 6.54 Å². The van der Waals surface area contributed by atoms with Crippen LogP contribution >= 0.6 is 0 Å². The van der Waals surface area contributed by atoms with Crippen molar-refractivity contribution in [2.45, 2.75) is 26.9 Å². The standard InChI is InChI=1S/C16H19N3O/c1-12(2)16(20)18-10-15-17-9-13(3)19(15)11-14-7-5-4-6-8-14/h4-9H,1,10-11H2,2-3H3,(H,18,20). The van der Waals surface area contributed by atoms with Crippen LogP contribution in [-0.2, 0) is 17.9 Å². The summed E-state index contributed by atoms with van der Waals surface area (Å²) in [6.07, 6.45) is 1.82. The maximum Gasteiger partial charge on any atom is 0.246 e. The Labute approximate surface area is 119 Å². The van der Waals surface area contributed by atoms with Crippen LogP contribution in [0.25, 0.3) is 0 Å². The fourth-order valence-corrected chi connectivity index (χ4v) is 1.94. The first-order chi connectivity index (χ1) is 9.58. The number of aromatic nitrogens is 2. The van der Waals surface area contributed by atoms with Crippen molar-refractivity contribution in [3.8, 4) is 0 Å². The lowest BCUT2D eigenvalue weighted by molar-refractivity contribution is -0.117. The van der Waals surface area contributed by atoms with E-state index >= 15 is 0 Å². The maximum atomic E-state index is 11.5. The van der Waals surface area contributed by atoms with E-state index in [1.807, 2.05) is 31.3 Å². The summed E-state index contributed by atoms with van der Waals surface area (Å²) in [4.78, 5) is 15.9. The van der Waals surface area contributed by atoms with Gasteiger partial charge in [-0.2, -0.15) is 0 Å². The van der Waals surface area contributed by atoms with Crippen molar-refractivity contribution in [1.29, 1.82) is 0 Å². The third kappa shape index (κ3) is 3.35. The first-order valence-corrected chi connectivity index (χ1v) is 6.56. The summed E-state index contributed by atoms with van der Waals surface area (Å²) in [6, 6.07) is 10.2. The van der Waals surface area contributed by atoms with Crippen molar-refractivity contribution in [2.75, 3.05) is 0 Å². The van der Waals surface area contributed by atoms with Gasteiger partial charge in [0, 0.05) is 24.0 Å². The summed E-state index contributed by atoms with van der Waals surface area (Å²) < 4.78 is 2.11. The molecule has 104 valence electrons. The number of benzene rings is 1. The molecule has 1 aromatic carbocycles. The molecule has 1 heterocycles. The Kier molecular flexibility index (Phi) is 4.35. The number of carbonyl (C=O) groups is 1. The summed E-state index contributed by atoms with van der Waals surface area (Å²) in [5.41, 5.74) is 2.79. The predicted octanol–water partition coefficient (Wildman–Crippen LogP) is 2.43. The van der Waals surface area contributed by atoms with Crippen LogP contribution in [0.4, 0.5) is 0 Å². The Balaban J connectivity index is 2.11. The van der Waals surface area contributed by atoms with E-state index in [1.165, 1.54) is 5.56 Å². The van der Waals surface area contributed by atoms with Crippen molar-refractivity contribution >= 4 is 5.91 Å². The van der Waals surface area contributed by atoms with Gasteiger partial charge in [-0.15, -0.1) is 0 Å². The highest BCUT2D eigenvalue weighted by Gasteiger charge is 2.09. The van der Waals surface area contributed by atoms with E-state index in [2.05, 4.69) is 33.6 Å². The van der Waals surface area contributed by atoms with Crippen LogP contribution in [0.15, 0.2) is 48.7 Å². The van der Waals surface area contributed by atoms with Crippen molar-refractivity contribution in [1.82, 2.24) is 14.9 Å². The van der Waals surface area contributed by atoms with Crippen LogP contribution in [-0.4, -0.2) is 15.5 Å². The average Bonchev–Trinajstić information content (AvgIpc) is 2.78. The Morgan fingerprint density at radius 1 is 1.35 bits per heavy atom. The molecule has 0 aliphatic rings. The van der Waals surface area contributed by atoms with Crippen LogP contribution in [0.2, 0.25) is 0 Å². The quantitative estimate of drug-likeness (QED) is 0.847. The van der Waals surface area contributed by atoms with Gasteiger partial charge in [0.25, 0.3) is 0 Å². The normalized spacial score (nSPS) is 10.3. The third-order valence-electron chi connectivity index (χ3n) is 3.12. The van der Waals surface area contributed by atoms with E-state index in [1.54, 1.807) is 6.92 Å². The average molecular weight is 269 g/mol. The molecule has 1 N–H and O–H groups in total. The molecule has 0 aliphatic carbocycles. The first-order valence-electron chi connectivity index (χ1n) is 6.56. The van der Waals surface area contributed by atoms with Gasteiger partial charge < -0.3 is 9.88 Å².